The maximum atomic E-state index is 11.8. The van der Waals surface area contributed by atoms with E-state index in [0.717, 1.165) is 0 Å². The third kappa shape index (κ3) is 3.36. The van der Waals surface area contributed by atoms with Crippen molar-refractivity contribution in [3.63, 3.8) is 0 Å². The van der Waals surface area contributed by atoms with E-state index in [1.54, 1.807) is 36.4 Å². The number of hydrogen-bond donors (Lipinski definition) is 1. The highest BCUT2D eigenvalue weighted by Gasteiger charge is 2.17. The lowest BCUT2D eigenvalue weighted by Gasteiger charge is -2.12. The average molecular weight is 390 g/mol. The van der Waals surface area contributed by atoms with Gasteiger partial charge in [0.15, 0.2) is 5.58 Å². The molecule has 0 fully saturated rings. The Bertz CT molecular complexity index is 1300. The van der Waals surface area contributed by atoms with E-state index in [-0.39, 0.29) is 11.6 Å². The summed E-state index contributed by atoms with van der Waals surface area (Å²) in [6, 6.07) is 14.0. The molecule has 0 aliphatic heterocycles. The maximum absolute atomic E-state index is 11.8. The average Bonchev–Trinajstić information content (AvgIpc) is 2.72. The predicted octanol–water partition coefficient (Wildman–Crippen LogP) is 3.42. The number of nitrogens with two attached hydrogens (primary N) is 1. The highest BCUT2D eigenvalue weighted by atomic mass is 16.6. The number of ether oxygens (including phenoxy) is 1. The molecule has 2 N–H and O–H groups in total. The van der Waals surface area contributed by atoms with Crippen LogP contribution in [0.15, 0.2) is 63.8 Å². The van der Waals surface area contributed by atoms with Gasteiger partial charge >= 0.3 is 5.63 Å². The number of rotatable bonds is 4. The van der Waals surface area contributed by atoms with E-state index >= 15 is 0 Å². The number of non-ortho nitro benzene ring substituents is 1. The molecule has 4 aromatic rings. The summed E-state index contributed by atoms with van der Waals surface area (Å²) in [6.07, 6.45) is 0. The Morgan fingerprint density at radius 3 is 2.41 bits per heavy atom. The summed E-state index contributed by atoms with van der Waals surface area (Å²) in [4.78, 5) is 30.7. The van der Waals surface area contributed by atoms with Gasteiger partial charge in [0.25, 0.3) is 5.69 Å². The smallest absolute Gasteiger partial charge is 0.336 e. The molecule has 0 aliphatic carbocycles. The van der Waals surface area contributed by atoms with Gasteiger partial charge in [0.1, 0.15) is 5.75 Å². The number of nitro groups is 1. The van der Waals surface area contributed by atoms with Gasteiger partial charge in [-0.2, -0.15) is 0 Å². The first kappa shape index (κ1) is 18.1. The van der Waals surface area contributed by atoms with Crippen LogP contribution in [0.3, 0.4) is 0 Å². The molecule has 0 bridgehead atoms. The van der Waals surface area contributed by atoms with E-state index in [1.807, 2.05) is 0 Å². The summed E-state index contributed by atoms with van der Waals surface area (Å²) in [6.45, 7) is 0. The molecule has 9 nitrogen and oxygen atoms in total. The van der Waals surface area contributed by atoms with Crippen molar-refractivity contribution in [2.24, 2.45) is 0 Å². The highest BCUT2D eigenvalue weighted by molar-refractivity contribution is 5.95. The summed E-state index contributed by atoms with van der Waals surface area (Å²) >= 11 is 0. The maximum Gasteiger partial charge on any atom is 0.336 e. The molecule has 144 valence electrons. The van der Waals surface area contributed by atoms with Crippen LogP contribution < -0.4 is 16.1 Å². The number of benzene rings is 2. The first-order valence-electron chi connectivity index (χ1n) is 8.47. The third-order valence-corrected chi connectivity index (χ3v) is 4.34. The van der Waals surface area contributed by atoms with Crippen LogP contribution >= 0.6 is 0 Å². The van der Waals surface area contributed by atoms with E-state index < -0.39 is 10.5 Å². The molecule has 0 saturated carbocycles. The molecule has 2 aromatic carbocycles. The molecule has 0 unspecified atom stereocenters. The number of anilines is 1. The summed E-state index contributed by atoms with van der Waals surface area (Å²) in [5.41, 5.74) is 7.61. The van der Waals surface area contributed by atoms with Crippen molar-refractivity contribution in [2.45, 2.75) is 0 Å². The molecule has 2 heterocycles. The normalized spacial score (nSPS) is 10.8. The Morgan fingerprint density at radius 1 is 1.03 bits per heavy atom. The van der Waals surface area contributed by atoms with Crippen LogP contribution in [0.4, 0.5) is 11.6 Å². The molecule has 0 saturated heterocycles. The summed E-state index contributed by atoms with van der Waals surface area (Å²) in [7, 11) is 1.49. The zero-order chi connectivity index (χ0) is 20.5. The molecular formula is C20H14N4O5. The standard InChI is InChI=1S/C20H14N4O5/c1-28-16-8-4-12-5-9-17(25)29-19(12)18(16)15-10-14(22-20(21)23-15)11-2-6-13(7-3-11)24(26)27/h2-10H,1H3,(H2,21,22,23). The van der Waals surface area contributed by atoms with E-state index in [1.165, 1.54) is 25.3 Å². The van der Waals surface area contributed by atoms with Gasteiger partial charge in [-0.3, -0.25) is 10.1 Å². The van der Waals surface area contributed by atoms with Gasteiger partial charge in [-0.1, -0.05) is 0 Å². The summed E-state index contributed by atoms with van der Waals surface area (Å²) in [5.74, 6) is 0.438. The second kappa shape index (κ2) is 7.04. The van der Waals surface area contributed by atoms with Crippen LogP contribution in [-0.2, 0) is 0 Å². The molecule has 29 heavy (non-hydrogen) atoms. The zero-order valence-corrected chi connectivity index (χ0v) is 15.2. The predicted molar refractivity (Wildman–Crippen MR) is 107 cm³/mol. The van der Waals surface area contributed by atoms with Crippen molar-refractivity contribution in [3.8, 4) is 28.3 Å². The van der Waals surface area contributed by atoms with Crippen LogP contribution in [0.25, 0.3) is 33.5 Å². The molecule has 2 aromatic heterocycles. The minimum Gasteiger partial charge on any atom is -0.496 e. The van der Waals surface area contributed by atoms with Crippen LogP contribution in [0.5, 0.6) is 5.75 Å². The van der Waals surface area contributed by atoms with Crippen molar-refractivity contribution in [2.75, 3.05) is 12.8 Å². The van der Waals surface area contributed by atoms with Gasteiger partial charge < -0.3 is 14.9 Å². The van der Waals surface area contributed by atoms with E-state index in [9.17, 15) is 14.9 Å². The minimum absolute atomic E-state index is 0.00631. The monoisotopic (exact) mass is 390 g/mol. The van der Waals surface area contributed by atoms with E-state index in [2.05, 4.69) is 9.97 Å². The zero-order valence-electron chi connectivity index (χ0n) is 15.2. The second-order valence-corrected chi connectivity index (χ2v) is 6.12. The Labute approximate surface area is 163 Å². The van der Waals surface area contributed by atoms with Crippen molar-refractivity contribution in [1.29, 1.82) is 0 Å². The molecule has 0 spiro atoms. The van der Waals surface area contributed by atoms with Crippen LogP contribution in [-0.4, -0.2) is 22.0 Å². The number of nitrogen functional groups attached to an aromatic ring is 1. The number of hydrogen-bond acceptors (Lipinski definition) is 8. The lowest BCUT2D eigenvalue weighted by Crippen LogP contribution is -2.02. The lowest BCUT2D eigenvalue weighted by molar-refractivity contribution is -0.384. The van der Waals surface area contributed by atoms with Crippen molar-refractivity contribution >= 4 is 22.6 Å². The van der Waals surface area contributed by atoms with Gasteiger partial charge in [-0.15, -0.1) is 0 Å². The van der Waals surface area contributed by atoms with Crippen LogP contribution in [0.1, 0.15) is 0 Å². The van der Waals surface area contributed by atoms with Gasteiger partial charge in [-0.25, -0.2) is 14.8 Å². The van der Waals surface area contributed by atoms with E-state index in [0.29, 0.717) is 39.2 Å². The number of nitro benzene ring substituents is 1. The molecule has 4 rings (SSSR count). The summed E-state index contributed by atoms with van der Waals surface area (Å²) < 4.78 is 10.8. The number of nitrogens with zero attached hydrogens (tertiary/aromatic N) is 3. The Morgan fingerprint density at radius 2 is 1.72 bits per heavy atom. The highest BCUT2D eigenvalue weighted by Crippen LogP contribution is 2.37. The summed E-state index contributed by atoms with van der Waals surface area (Å²) in [5, 5.41) is 11.6. The first-order chi connectivity index (χ1) is 14.0. The fourth-order valence-corrected chi connectivity index (χ4v) is 3.02. The van der Waals surface area contributed by atoms with Crippen LogP contribution in [0.2, 0.25) is 0 Å². The fourth-order valence-electron chi connectivity index (χ4n) is 3.02. The first-order valence-corrected chi connectivity index (χ1v) is 8.47. The van der Waals surface area contributed by atoms with E-state index in [4.69, 9.17) is 14.9 Å². The molecule has 9 heteroatoms. The lowest BCUT2D eigenvalue weighted by atomic mass is 10.0. The molecule has 0 atom stereocenters. The van der Waals surface area contributed by atoms with Crippen molar-refractivity contribution in [1.82, 2.24) is 9.97 Å². The largest absolute Gasteiger partial charge is 0.496 e. The van der Waals surface area contributed by atoms with Gasteiger partial charge in [0.05, 0.1) is 29.0 Å². The minimum atomic E-state index is -0.510. The Hall–Kier alpha value is -4.27. The fraction of sp³-hybridized carbons (Fsp3) is 0.0500. The SMILES string of the molecule is COc1ccc2ccc(=O)oc2c1-c1cc(-c2ccc([N+](=O)[O-])cc2)nc(N)n1. The Balaban J connectivity index is 1.94. The number of methoxy groups -OCH3 is 1. The van der Waals surface area contributed by atoms with Gasteiger partial charge in [0, 0.05) is 29.1 Å². The van der Waals surface area contributed by atoms with Crippen LogP contribution in [0, 0.1) is 10.1 Å². The Kier molecular flexibility index (Phi) is 4.40. The quantitative estimate of drug-likeness (QED) is 0.318. The molecule has 0 aliphatic rings. The number of aromatic nitrogens is 2. The topological polar surface area (TPSA) is 134 Å². The second-order valence-electron chi connectivity index (χ2n) is 6.12. The number of fused-ring (bicyclic) bond motifs is 1. The molecule has 0 amide bonds. The van der Waals surface area contributed by atoms with Crippen molar-refractivity contribution in [3.05, 3.63) is 75.1 Å². The molecule has 0 radical (unpaired) electrons. The van der Waals surface area contributed by atoms with Crippen molar-refractivity contribution < 1.29 is 14.1 Å². The third-order valence-electron chi connectivity index (χ3n) is 4.34. The van der Waals surface area contributed by atoms with Gasteiger partial charge in [-0.05, 0) is 36.4 Å². The van der Waals surface area contributed by atoms with Gasteiger partial charge in [0.2, 0.25) is 5.95 Å². The molecular weight excluding hydrogens is 376 g/mol.